The zero-order valence-electron chi connectivity index (χ0n) is 22.4. The average molecular weight is 548 g/mol. The first-order valence-electron chi connectivity index (χ1n) is 13.7. The molecule has 1 atom stereocenters. The SMILES string of the molecule is C[C@@H](Cc1ccccn1)n1c(-c2ccc(OCCN3CCNCC3)cc2Cl)nc2c(OC3(C)CC3)ncnc21. The molecule has 2 aliphatic rings. The number of halogens is 1. The van der Waals surface area contributed by atoms with E-state index in [0.717, 1.165) is 74.0 Å². The molecule has 1 N–H and O–H groups in total. The lowest BCUT2D eigenvalue weighted by molar-refractivity contribution is 0.191. The number of aromatic nitrogens is 5. The minimum absolute atomic E-state index is 0.00480. The summed E-state index contributed by atoms with van der Waals surface area (Å²) in [4.78, 5) is 21.1. The van der Waals surface area contributed by atoms with Crippen molar-refractivity contribution in [1.82, 2.24) is 34.7 Å². The molecule has 4 aromatic rings. The summed E-state index contributed by atoms with van der Waals surface area (Å²) in [5, 5.41) is 3.95. The molecule has 204 valence electrons. The second-order valence-electron chi connectivity index (χ2n) is 10.7. The summed E-state index contributed by atoms with van der Waals surface area (Å²) in [6.07, 6.45) is 6.09. The van der Waals surface area contributed by atoms with E-state index in [2.05, 4.69) is 43.6 Å². The van der Waals surface area contributed by atoms with Crippen molar-refractivity contribution < 1.29 is 9.47 Å². The minimum atomic E-state index is -0.188. The van der Waals surface area contributed by atoms with Gasteiger partial charge in [0, 0.05) is 62.6 Å². The van der Waals surface area contributed by atoms with Crippen LogP contribution in [-0.2, 0) is 6.42 Å². The van der Waals surface area contributed by atoms with Crippen molar-refractivity contribution in [2.45, 2.75) is 44.8 Å². The van der Waals surface area contributed by atoms with E-state index in [9.17, 15) is 0 Å². The van der Waals surface area contributed by atoms with Gasteiger partial charge >= 0.3 is 0 Å². The molecule has 1 saturated heterocycles. The second-order valence-corrected chi connectivity index (χ2v) is 11.1. The number of nitrogens with one attached hydrogen (secondary N) is 1. The van der Waals surface area contributed by atoms with Crippen molar-refractivity contribution in [2.75, 3.05) is 39.3 Å². The van der Waals surface area contributed by atoms with Crippen LogP contribution < -0.4 is 14.8 Å². The molecule has 39 heavy (non-hydrogen) atoms. The van der Waals surface area contributed by atoms with Crippen molar-refractivity contribution in [3.8, 4) is 23.0 Å². The Morgan fingerprint density at radius 2 is 1.95 bits per heavy atom. The molecular weight excluding hydrogens is 514 g/mol. The number of imidazole rings is 1. The van der Waals surface area contributed by atoms with Gasteiger partial charge in [0.1, 0.15) is 30.1 Å². The smallest absolute Gasteiger partial charge is 0.245 e. The van der Waals surface area contributed by atoms with Crippen LogP contribution in [0.25, 0.3) is 22.6 Å². The molecule has 1 saturated carbocycles. The molecule has 6 rings (SSSR count). The molecule has 0 radical (unpaired) electrons. The highest BCUT2D eigenvalue weighted by Crippen LogP contribution is 2.42. The third-order valence-electron chi connectivity index (χ3n) is 7.48. The summed E-state index contributed by atoms with van der Waals surface area (Å²) in [7, 11) is 0. The van der Waals surface area contributed by atoms with Gasteiger partial charge in [0.05, 0.1) is 5.02 Å². The number of fused-ring (bicyclic) bond motifs is 1. The standard InChI is InChI=1S/C29H34ClN7O2/c1-20(17-21-5-3-4-10-32-21)37-26(35-25-27(37)33-19-34-28(25)39-29(2)8-9-29)23-7-6-22(18-24(23)30)38-16-15-36-13-11-31-12-14-36/h3-7,10,18-20,31H,8-9,11-17H2,1-2H3/t20-/m0/s1. The van der Waals surface area contributed by atoms with E-state index in [0.29, 0.717) is 29.4 Å². The van der Waals surface area contributed by atoms with Crippen LogP contribution in [0.4, 0.5) is 0 Å². The minimum Gasteiger partial charge on any atom is -0.492 e. The topological polar surface area (TPSA) is 90.2 Å². The van der Waals surface area contributed by atoms with E-state index in [-0.39, 0.29) is 11.6 Å². The van der Waals surface area contributed by atoms with Crippen LogP contribution in [0.15, 0.2) is 48.9 Å². The molecule has 9 nitrogen and oxygen atoms in total. The second kappa shape index (κ2) is 11.1. The maximum absolute atomic E-state index is 6.88. The average Bonchev–Trinajstić information content (AvgIpc) is 3.53. The third-order valence-corrected chi connectivity index (χ3v) is 7.79. The summed E-state index contributed by atoms with van der Waals surface area (Å²) < 4.78 is 14.4. The number of hydrogen-bond acceptors (Lipinski definition) is 8. The fraction of sp³-hybridized carbons (Fsp3) is 0.448. The molecule has 3 aromatic heterocycles. The van der Waals surface area contributed by atoms with Crippen LogP contribution in [0, 0.1) is 0 Å². The predicted molar refractivity (Wildman–Crippen MR) is 151 cm³/mol. The molecule has 0 amide bonds. The van der Waals surface area contributed by atoms with E-state index in [4.69, 9.17) is 26.1 Å². The predicted octanol–water partition coefficient (Wildman–Crippen LogP) is 4.56. The molecule has 10 heteroatoms. The normalized spacial score (nSPS) is 17.7. The number of pyridine rings is 1. The Bertz CT molecular complexity index is 1430. The summed E-state index contributed by atoms with van der Waals surface area (Å²) in [5.74, 6) is 1.97. The van der Waals surface area contributed by atoms with E-state index in [1.165, 1.54) is 0 Å². The molecule has 0 spiro atoms. The maximum Gasteiger partial charge on any atom is 0.245 e. The first-order valence-corrected chi connectivity index (χ1v) is 14.0. The Morgan fingerprint density at radius 3 is 2.69 bits per heavy atom. The summed E-state index contributed by atoms with van der Waals surface area (Å²) >= 11 is 6.88. The van der Waals surface area contributed by atoms with Crippen LogP contribution in [0.2, 0.25) is 5.02 Å². The van der Waals surface area contributed by atoms with Crippen molar-refractivity contribution in [3.05, 3.63) is 59.6 Å². The van der Waals surface area contributed by atoms with Gasteiger partial charge in [0.2, 0.25) is 5.88 Å². The number of hydrogen-bond donors (Lipinski definition) is 1. The molecule has 1 aromatic carbocycles. The monoisotopic (exact) mass is 547 g/mol. The van der Waals surface area contributed by atoms with Gasteiger partial charge in [-0.3, -0.25) is 9.88 Å². The molecule has 1 aliphatic heterocycles. The molecule has 4 heterocycles. The highest BCUT2D eigenvalue weighted by molar-refractivity contribution is 6.33. The zero-order valence-corrected chi connectivity index (χ0v) is 23.2. The van der Waals surface area contributed by atoms with Gasteiger partial charge in [-0.2, -0.15) is 4.98 Å². The number of benzene rings is 1. The van der Waals surface area contributed by atoms with Crippen molar-refractivity contribution in [2.24, 2.45) is 0 Å². The van der Waals surface area contributed by atoms with Gasteiger partial charge in [-0.1, -0.05) is 17.7 Å². The van der Waals surface area contributed by atoms with Crippen LogP contribution in [-0.4, -0.2) is 74.3 Å². The van der Waals surface area contributed by atoms with Gasteiger partial charge in [0.15, 0.2) is 11.2 Å². The van der Waals surface area contributed by atoms with Crippen molar-refractivity contribution in [3.63, 3.8) is 0 Å². The zero-order chi connectivity index (χ0) is 26.8. The summed E-state index contributed by atoms with van der Waals surface area (Å²) in [6, 6.07) is 11.8. The highest BCUT2D eigenvalue weighted by atomic mass is 35.5. The summed E-state index contributed by atoms with van der Waals surface area (Å²) in [5.41, 5.74) is 2.97. The largest absolute Gasteiger partial charge is 0.492 e. The Labute approximate surface area is 233 Å². The van der Waals surface area contributed by atoms with E-state index in [1.54, 1.807) is 6.33 Å². The molecule has 0 unspecified atom stereocenters. The first-order chi connectivity index (χ1) is 19.0. The van der Waals surface area contributed by atoms with Gasteiger partial charge < -0.3 is 19.4 Å². The van der Waals surface area contributed by atoms with Crippen LogP contribution in [0.3, 0.4) is 0 Å². The Kier molecular flexibility index (Phi) is 7.38. The molecule has 1 aliphatic carbocycles. The summed E-state index contributed by atoms with van der Waals surface area (Å²) in [6.45, 7) is 9.89. The quantitative estimate of drug-likeness (QED) is 0.309. The van der Waals surface area contributed by atoms with Gasteiger partial charge in [-0.25, -0.2) is 9.97 Å². The molecule has 0 bridgehead atoms. The Morgan fingerprint density at radius 1 is 1.10 bits per heavy atom. The van der Waals surface area contributed by atoms with E-state index in [1.807, 2.05) is 42.6 Å². The molecule has 2 fully saturated rings. The highest BCUT2D eigenvalue weighted by Gasteiger charge is 2.41. The van der Waals surface area contributed by atoms with Gasteiger partial charge in [-0.05, 0) is 57.0 Å². The lowest BCUT2D eigenvalue weighted by atomic mass is 10.1. The van der Waals surface area contributed by atoms with E-state index >= 15 is 0 Å². The lowest BCUT2D eigenvalue weighted by Gasteiger charge is -2.26. The van der Waals surface area contributed by atoms with Crippen LogP contribution >= 0.6 is 11.6 Å². The Balaban J connectivity index is 1.32. The van der Waals surface area contributed by atoms with Crippen molar-refractivity contribution in [1.29, 1.82) is 0 Å². The maximum atomic E-state index is 6.88. The van der Waals surface area contributed by atoms with Gasteiger partial charge in [-0.15, -0.1) is 0 Å². The van der Waals surface area contributed by atoms with Crippen molar-refractivity contribution >= 4 is 22.8 Å². The molecular formula is C29H34ClN7O2. The van der Waals surface area contributed by atoms with Gasteiger partial charge in [0.25, 0.3) is 0 Å². The first kappa shape index (κ1) is 26.0. The Hall–Kier alpha value is -3.27. The van der Waals surface area contributed by atoms with E-state index < -0.39 is 0 Å². The number of rotatable bonds is 10. The fourth-order valence-electron chi connectivity index (χ4n) is 4.99. The van der Waals surface area contributed by atoms with Crippen LogP contribution in [0.5, 0.6) is 11.6 Å². The van der Waals surface area contributed by atoms with Crippen LogP contribution in [0.1, 0.15) is 38.4 Å². The third kappa shape index (κ3) is 5.85. The fourth-order valence-corrected chi connectivity index (χ4v) is 5.24. The number of piperazine rings is 1. The lowest BCUT2D eigenvalue weighted by Crippen LogP contribution is -2.44. The number of nitrogens with zero attached hydrogens (tertiary/aromatic N) is 6. The number of ether oxygens (including phenoxy) is 2.